The second kappa shape index (κ2) is 6.52. The highest BCUT2D eigenvalue weighted by atomic mass is 79.9. The highest BCUT2D eigenvalue weighted by Gasteiger charge is 2.09. The van der Waals surface area contributed by atoms with E-state index in [4.69, 9.17) is 4.74 Å². The molecule has 0 saturated heterocycles. The van der Waals surface area contributed by atoms with Crippen LogP contribution in [0.1, 0.15) is 24.2 Å². The molecule has 0 aliphatic heterocycles. The van der Waals surface area contributed by atoms with Gasteiger partial charge in [0.25, 0.3) is 5.91 Å². The predicted octanol–water partition coefficient (Wildman–Crippen LogP) is 3.88. The van der Waals surface area contributed by atoms with Gasteiger partial charge in [0.05, 0.1) is 11.8 Å². The number of anilines is 1. The van der Waals surface area contributed by atoms with Crippen molar-refractivity contribution in [3.05, 3.63) is 52.8 Å². The van der Waals surface area contributed by atoms with E-state index in [1.807, 2.05) is 13.8 Å². The van der Waals surface area contributed by atoms with Crippen LogP contribution in [0, 0.1) is 0 Å². The first-order chi connectivity index (χ1) is 9.56. The molecule has 0 spiro atoms. The van der Waals surface area contributed by atoms with Crippen molar-refractivity contribution in [3.8, 4) is 5.75 Å². The predicted molar refractivity (Wildman–Crippen MR) is 82.1 cm³/mol. The molecule has 1 N–H and O–H groups in total. The lowest BCUT2D eigenvalue weighted by molar-refractivity contribution is 0.102. The molecular formula is C15H15BrN2O2. The summed E-state index contributed by atoms with van der Waals surface area (Å²) in [6, 6.07) is 10.6. The number of nitrogens with zero attached hydrogens (tertiary/aromatic N) is 1. The van der Waals surface area contributed by atoms with E-state index in [0.717, 1.165) is 5.75 Å². The quantitative estimate of drug-likeness (QED) is 0.863. The van der Waals surface area contributed by atoms with Crippen molar-refractivity contribution in [2.45, 2.75) is 20.0 Å². The molecule has 2 aromatic rings. The second-order valence-corrected chi connectivity index (χ2v) is 5.24. The van der Waals surface area contributed by atoms with Crippen LogP contribution < -0.4 is 10.1 Å². The number of rotatable bonds is 4. The Morgan fingerprint density at radius 2 is 1.95 bits per heavy atom. The first-order valence-corrected chi connectivity index (χ1v) is 7.04. The summed E-state index contributed by atoms with van der Waals surface area (Å²) in [7, 11) is 0. The number of carbonyl (C=O) groups excluding carboxylic acids is 1. The summed E-state index contributed by atoms with van der Waals surface area (Å²) in [5.41, 5.74) is 1.21. The van der Waals surface area contributed by atoms with E-state index in [9.17, 15) is 4.79 Å². The largest absolute Gasteiger partial charge is 0.491 e. The fourth-order valence-electron chi connectivity index (χ4n) is 1.63. The van der Waals surface area contributed by atoms with Gasteiger partial charge in [-0.25, -0.2) is 4.98 Å². The molecule has 0 bridgehead atoms. The fraction of sp³-hybridized carbons (Fsp3) is 0.200. The Hall–Kier alpha value is -1.88. The average molecular weight is 335 g/mol. The van der Waals surface area contributed by atoms with Crippen molar-refractivity contribution in [2.24, 2.45) is 0 Å². The van der Waals surface area contributed by atoms with Gasteiger partial charge in [-0.3, -0.25) is 4.79 Å². The van der Waals surface area contributed by atoms with Crippen LogP contribution in [0.4, 0.5) is 5.69 Å². The van der Waals surface area contributed by atoms with Crippen molar-refractivity contribution in [2.75, 3.05) is 5.32 Å². The number of carbonyl (C=O) groups is 1. The van der Waals surface area contributed by atoms with Gasteiger partial charge in [-0.1, -0.05) is 0 Å². The summed E-state index contributed by atoms with van der Waals surface area (Å²) in [5.74, 6) is 0.564. The lowest BCUT2D eigenvalue weighted by Crippen LogP contribution is -2.12. The molecular weight excluding hydrogens is 320 g/mol. The molecule has 4 nitrogen and oxygen atoms in total. The zero-order valence-electron chi connectivity index (χ0n) is 11.3. The van der Waals surface area contributed by atoms with Crippen LogP contribution in [0.15, 0.2) is 47.2 Å². The molecule has 20 heavy (non-hydrogen) atoms. The van der Waals surface area contributed by atoms with E-state index < -0.39 is 0 Å². The van der Waals surface area contributed by atoms with Crippen molar-refractivity contribution < 1.29 is 9.53 Å². The molecule has 1 heterocycles. The Morgan fingerprint density at radius 1 is 1.25 bits per heavy atom. The third-order valence-electron chi connectivity index (χ3n) is 2.50. The minimum atomic E-state index is -0.185. The van der Waals surface area contributed by atoms with Crippen LogP contribution in [-0.4, -0.2) is 17.0 Å². The van der Waals surface area contributed by atoms with E-state index in [1.165, 1.54) is 0 Å². The summed E-state index contributed by atoms with van der Waals surface area (Å²) in [4.78, 5) is 16.2. The van der Waals surface area contributed by atoms with Gasteiger partial charge in [-0.05, 0) is 66.2 Å². The normalized spacial score (nSPS) is 10.4. The number of hydrogen-bond acceptors (Lipinski definition) is 3. The molecule has 0 aliphatic rings. The van der Waals surface area contributed by atoms with Crippen molar-refractivity contribution in [3.63, 3.8) is 0 Å². The number of halogens is 1. The monoisotopic (exact) mass is 334 g/mol. The first kappa shape index (κ1) is 14.5. The number of nitrogens with one attached hydrogen (secondary N) is 1. The molecule has 0 atom stereocenters. The van der Waals surface area contributed by atoms with Gasteiger partial charge in [0, 0.05) is 11.8 Å². The Labute approximate surface area is 126 Å². The maximum atomic E-state index is 12.1. The zero-order chi connectivity index (χ0) is 14.5. The lowest BCUT2D eigenvalue weighted by Gasteiger charge is -2.10. The van der Waals surface area contributed by atoms with Crippen LogP contribution >= 0.6 is 15.9 Å². The van der Waals surface area contributed by atoms with Gasteiger partial charge in [-0.15, -0.1) is 0 Å². The number of benzene rings is 1. The standard InChI is InChI=1S/C15H15BrN2O2/c1-10(2)20-12-7-5-11(6-8-12)15(19)18-13-4-3-9-17-14(13)16/h3-10H,1-2H3,(H,18,19). The van der Waals surface area contributed by atoms with Crippen LogP contribution in [0.25, 0.3) is 0 Å². The van der Waals surface area contributed by atoms with Crippen LogP contribution in [0.2, 0.25) is 0 Å². The maximum absolute atomic E-state index is 12.1. The molecule has 0 radical (unpaired) electrons. The smallest absolute Gasteiger partial charge is 0.255 e. The summed E-state index contributed by atoms with van der Waals surface area (Å²) >= 11 is 3.29. The summed E-state index contributed by atoms with van der Waals surface area (Å²) in [5, 5.41) is 2.80. The highest BCUT2D eigenvalue weighted by molar-refractivity contribution is 9.10. The Balaban J connectivity index is 2.08. The molecule has 0 saturated carbocycles. The lowest BCUT2D eigenvalue weighted by atomic mass is 10.2. The molecule has 0 fully saturated rings. The van der Waals surface area contributed by atoms with E-state index in [2.05, 4.69) is 26.2 Å². The zero-order valence-corrected chi connectivity index (χ0v) is 12.8. The Bertz CT molecular complexity index is 597. The van der Waals surface area contributed by atoms with E-state index >= 15 is 0 Å². The van der Waals surface area contributed by atoms with Gasteiger partial charge >= 0.3 is 0 Å². The van der Waals surface area contributed by atoms with E-state index in [0.29, 0.717) is 15.9 Å². The third kappa shape index (κ3) is 3.81. The molecule has 1 aromatic heterocycles. The van der Waals surface area contributed by atoms with Crippen molar-refractivity contribution >= 4 is 27.5 Å². The maximum Gasteiger partial charge on any atom is 0.255 e. The molecule has 0 aliphatic carbocycles. The van der Waals surface area contributed by atoms with Crippen molar-refractivity contribution in [1.29, 1.82) is 0 Å². The highest BCUT2D eigenvalue weighted by Crippen LogP contribution is 2.20. The molecule has 1 amide bonds. The Kier molecular flexibility index (Phi) is 4.74. The van der Waals surface area contributed by atoms with E-state index in [-0.39, 0.29) is 12.0 Å². The van der Waals surface area contributed by atoms with Crippen LogP contribution in [0.5, 0.6) is 5.75 Å². The SMILES string of the molecule is CC(C)Oc1ccc(C(=O)Nc2cccnc2Br)cc1. The molecule has 1 aromatic carbocycles. The number of amides is 1. The number of pyridine rings is 1. The number of ether oxygens (including phenoxy) is 1. The van der Waals surface area contributed by atoms with E-state index in [1.54, 1.807) is 42.6 Å². The average Bonchev–Trinajstić information content (AvgIpc) is 2.41. The fourth-order valence-corrected chi connectivity index (χ4v) is 1.98. The topological polar surface area (TPSA) is 51.2 Å². The molecule has 104 valence electrons. The van der Waals surface area contributed by atoms with Gasteiger partial charge in [0.1, 0.15) is 10.4 Å². The van der Waals surface area contributed by atoms with Gasteiger partial charge in [0.15, 0.2) is 0 Å². The summed E-state index contributed by atoms with van der Waals surface area (Å²) < 4.78 is 6.14. The third-order valence-corrected chi connectivity index (χ3v) is 3.13. The minimum absolute atomic E-state index is 0.112. The number of aromatic nitrogens is 1. The molecule has 2 rings (SSSR count). The van der Waals surface area contributed by atoms with Gasteiger partial charge in [-0.2, -0.15) is 0 Å². The first-order valence-electron chi connectivity index (χ1n) is 6.25. The summed E-state index contributed by atoms with van der Waals surface area (Å²) in [6.07, 6.45) is 1.76. The number of hydrogen-bond donors (Lipinski definition) is 1. The van der Waals surface area contributed by atoms with Crippen LogP contribution in [-0.2, 0) is 0 Å². The minimum Gasteiger partial charge on any atom is -0.491 e. The summed E-state index contributed by atoms with van der Waals surface area (Å²) in [6.45, 7) is 3.92. The Morgan fingerprint density at radius 3 is 2.55 bits per heavy atom. The molecule has 0 unspecified atom stereocenters. The van der Waals surface area contributed by atoms with Crippen LogP contribution in [0.3, 0.4) is 0 Å². The molecule has 5 heteroatoms. The second-order valence-electron chi connectivity index (χ2n) is 4.49. The van der Waals surface area contributed by atoms with Gasteiger partial charge in [0.2, 0.25) is 0 Å². The van der Waals surface area contributed by atoms with Gasteiger partial charge < -0.3 is 10.1 Å². The van der Waals surface area contributed by atoms with Crippen molar-refractivity contribution in [1.82, 2.24) is 4.98 Å².